The number of sulfonamides is 1. The van der Waals surface area contributed by atoms with Crippen molar-refractivity contribution in [3.8, 4) is 11.5 Å². The van der Waals surface area contributed by atoms with Crippen LogP contribution in [0.25, 0.3) is 0 Å². The number of rotatable bonds is 7. The van der Waals surface area contributed by atoms with E-state index in [4.69, 9.17) is 15.2 Å². The number of ether oxygens (including phenoxy) is 2. The van der Waals surface area contributed by atoms with Crippen molar-refractivity contribution >= 4 is 31.6 Å². The van der Waals surface area contributed by atoms with Crippen LogP contribution >= 0.6 is 15.9 Å². The van der Waals surface area contributed by atoms with Crippen molar-refractivity contribution in [3.05, 3.63) is 46.4 Å². The molecule has 130 valence electrons. The minimum Gasteiger partial charge on any atom is -0.493 e. The largest absolute Gasteiger partial charge is 0.493 e. The molecule has 0 radical (unpaired) electrons. The van der Waals surface area contributed by atoms with Gasteiger partial charge in [0, 0.05) is 12.2 Å². The summed E-state index contributed by atoms with van der Waals surface area (Å²) in [6.07, 6.45) is 0. The molecule has 0 saturated carbocycles. The zero-order valence-corrected chi connectivity index (χ0v) is 15.8. The molecule has 2 aromatic rings. The second-order valence-electron chi connectivity index (χ2n) is 4.94. The van der Waals surface area contributed by atoms with E-state index in [-0.39, 0.29) is 11.4 Å². The highest BCUT2D eigenvalue weighted by Gasteiger charge is 2.16. The third-order valence-corrected chi connectivity index (χ3v) is 5.24. The Bertz CT molecular complexity index is 808. The van der Waals surface area contributed by atoms with Crippen LogP contribution in [0.4, 0.5) is 5.69 Å². The van der Waals surface area contributed by atoms with Gasteiger partial charge in [0.1, 0.15) is 0 Å². The molecule has 0 saturated heterocycles. The Morgan fingerprint density at radius 3 is 2.46 bits per heavy atom. The summed E-state index contributed by atoms with van der Waals surface area (Å²) < 4.78 is 38.7. The lowest BCUT2D eigenvalue weighted by atomic mass is 10.2. The Balaban J connectivity index is 2.19. The van der Waals surface area contributed by atoms with Gasteiger partial charge in [0.25, 0.3) is 0 Å². The van der Waals surface area contributed by atoms with Crippen LogP contribution in [0.3, 0.4) is 0 Å². The highest BCUT2D eigenvalue weighted by atomic mass is 79.9. The van der Waals surface area contributed by atoms with Crippen LogP contribution in [0, 0.1) is 0 Å². The maximum absolute atomic E-state index is 12.3. The van der Waals surface area contributed by atoms with Gasteiger partial charge >= 0.3 is 0 Å². The van der Waals surface area contributed by atoms with Crippen molar-refractivity contribution in [1.29, 1.82) is 0 Å². The molecular formula is C16H19BrN2O4S. The molecule has 0 unspecified atom stereocenters. The zero-order chi connectivity index (χ0) is 17.7. The summed E-state index contributed by atoms with van der Waals surface area (Å²) in [6, 6.07) is 9.55. The molecule has 3 N–H and O–H groups in total. The zero-order valence-electron chi connectivity index (χ0n) is 13.4. The summed E-state index contributed by atoms with van der Waals surface area (Å²) in [7, 11) is -2.09. The predicted octanol–water partition coefficient (Wildman–Crippen LogP) is 2.92. The van der Waals surface area contributed by atoms with Crippen molar-refractivity contribution in [2.75, 3.05) is 19.5 Å². The lowest BCUT2D eigenvalue weighted by Gasteiger charge is -2.14. The average Bonchev–Trinajstić information content (AvgIpc) is 2.55. The Labute approximate surface area is 150 Å². The van der Waals surface area contributed by atoms with Crippen molar-refractivity contribution in [3.63, 3.8) is 0 Å². The van der Waals surface area contributed by atoms with Crippen LogP contribution in [0.15, 0.2) is 45.8 Å². The minimum absolute atomic E-state index is 0.119. The van der Waals surface area contributed by atoms with E-state index in [0.717, 1.165) is 5.56 Å². The first-order valence-corrected chi connectivity index (χ1v) is 9.49. The molecule has 0 fully saturated rings. The van der Waals surface area contributed by atoms with E-state index in [9.17, 15) is 8.42 Å². The van der Waals surface area contributed by atoms with Gasteiger partial charge in [0.2, 0.25) is 10.0 Å². The number of hydrogen-bond acceptors (Lipinski definition) is 5. The molecule has 0 aromatic heterocycles. The van der Waals surface area contributed by atoms with Crippen molar-refractivity contribution in [2.45, 2.75) is 18.4 Å². The number of methoxy groups -OCH3 is 1. The molecular weight excluding hydrogens is 396 g/mol. The second-order valence-corrected chi connectivity index (χ2v) is 7.56. The number of hydrogen-bond donors (Lipinski definition) is 2. The van der Waals surface area contributed by atoms with E-state index in [2.05, 4.69) is 20.7 Å². The van der Waals surface area contributed by atoms with Gasteiger partial charge in [0.05, 0.1) is 23.1 Å². The van der Waals surface area contributed by atoms with Crippen molar-refractivity contribution < 1.29 is 17.9 Å². The third-order valence-electron chi connectivity index (χ3n) is 3.23. The molecule has 6 nitrogen and oxygen atoms in total. The summed E-state index contributed by atoms with van der Waals surface area (Å²) >= 11 is 3.42. The molecule has 0 bridgehead atoms. The number of halogens is 1. The van der Waals surface area contributed by atoms with Crippen molar-refractivity contribution in [2.24, 2.45) is 0 Å². The Morgan fingerprint density at radius 1 is 1.21 bits per heavy atom. The maximum atomic E-state index is 12.3. The van der Waals surface area contributed by atoms with E-state index in [1.54, 1.807) is 24.3 Å². The van der Waals surface area contributed by atoms with Gasteiger partial charge < -0.3 is 15.2 Å². The van der Waals surface area contributed by atoms with E-state index < -0.39 is 10.0 Å². The number of anilines is 1. The van der Waals surface area contributed by atoms with Crippen LogP contribution in [-0.2, 0) is 16.6 Å². The fraction of sp³-hybridized carbons (Fsp3) is 0.250. The van der Waals surface area contributed by atoms with Gasteiger partial charge in [-0.05, 0) is 64.8 Å². The molecule has 8 heteroatoms. The Kier molecular flexibility index (Phi) is 6.09. The summed E-state index contributed by atoms with van der Waals surface area (Å²) in [5, 5.41) is 0. The summed E-state index contributed by atoms with van der Waals surface area (Å²) in [5.74, 6) is 1.12. The third kappa shape index (κ3) is 4.40. The SMILES string of the molecule is CCOc1c(Br)cc(CNS(=O)(=O)c2ccc(N)cc2)cc1OC. The van der Waals surface area contributed by atoms with Gasteiger partial charge in [-0.25, -0.2) is 13.1 Å². The Hall–Kier alpha value is -1.77. The summed E-state index contributed by atoms with van der Waals surface area (Å²) in [6.45, 7) is 2.49. The first-order valence-electron chi connectivity index (χ1n) is 7.21. The summed E-state index contributed by atoms with van der Waals surface area (Å²) in [4.78, 5) is 0.161. The number of nitrogen functional groups attached to an aromatic ring is 1. The molecule has 0 spiro atoms. The molecule has 0 heterocycles. The quantitative estimate of drug-likeness (QED) is 0.679. The van der Waals surface area contributed by atoms with Gasteiger partial charge in [-0.1, -0.05) is 0 Å². The van der Waals surface area contributed by atoms with Crippen LogP contribution in [0.5, 0.6) is 11.5 Å². The molecule has 0 aliphatic rings. The average molecular weight is 415 g/mol. The van der Waals surface area contributed by atoms with Gasteiger partial charge in [-0.2, -0.15) is 0 Å². The van der Waals surface area contributed by atoms with Crippen molar-refractivity contribution in [1.82, 2.24) is 4.72 Å². The molecule has 0 atom stereocenters. The first kappa shape index (κ1) is 18.6. The van der Waals surface area contributed by atoms with Crippen LogP contribution in [0.2, 0.25) is 0 Å². The monoisotopic (exact) mass is 414 g/mol. The molecule has 2 aromatic carbocycles. The fourth-order valence-electron chi connectivity index (χ4n) is 2.07. The topological polar surface area (TPSA) is 90.7 Å². The smallest absolute Gasteiger partial charge is 0.240 e. The van der Waals surface area contributed by atoms with Crippen LogP contribution in [-0.4, -0.2) is 22.1 Å². The number of nitrogens with two attached hydrogens (primary N) is 1. The standard InChI is InChI=1S/C16H19BrN2O4S/c1-3-23-16-14(17)8-11(9-15(16)22-2)10-19-24(20,21)13-6-4-12(18)5-7-13/h4-9,19H,3,10,18H2,1-2H3. The van der Waals surface area contributed by atoms with Crippen LogP contribution < -0.4 is 19.9 Å². The number of nitrogens with one attached hydrogen (secondary N) is 1. The maximum Gasteiger partial charge on any atom is 0.240 e. The van der Waals surface area contributed by atoms with Crippen LogP contribution in [0.1, 0.15) is 12.5 Å². The lowest BCUT2D eigenvalue weighted by molar-refractivity contribution is 0.308. The van der Waals surface area contributed by atoms with E-state index in [1.165, 1.54) is 19.2 Å². The molecule has 0 aliphatic heterocycles. The molecule has 24 heavy (non-hydrogen) atoms. The number of benzene rings is 2. The highest BCUT2D eigenvalue weighted by Crippen LogP contribution is 2.36. The molecule has 0 aliphatic carbocycles. The van der Waals surface area contributed by atoms with E-state index >= 15 is 0 Å². The Morgan fingerprint density at radius 2 is 1.88 bits per heavy atom. The van der Waals surface area contributed by atoms with Gasteiger partial charge in [-0.3, -0.25) is 0 Å². The second kappa shape index (κ2) is 7.87. The first-order chi connectivity index (χ1) is 11.4. The molecule has 0 amide bonds. The van der Waals surface area contributed by atoms with E-state index in [1.807, 2.05) is 6.92 Å². The highest BCUT2D eigenvalue weighted by molar-refractivity contribution is 9.10. The van der Waals surface area contributed by atoms with E-state index in [0.29, 0.717) is 28.3 Å². The minimum atomic E-state index is -3.62. The lowest BCUT2D eigenvalue weighted by Crippen LogP contribution is -2.23. The van der Waals surface area contributed by atoms with Gasteiger partial charge in [0.15, 0.2) is 11.5 Å². The normalized spacial score (nSPS) is 11.3. The van der Waals surface area contributed by atoms with Gasteiger partial charge in [-0.15, -0.1) is 0 Å². The fourth-order valence-corrected chi connectivity index (χ4v) is 3.69. The predicted molar refractivity (Wildman–Crippen MR) is 96.7 cm³/mol. The summed E-state index contributed by atoms with van der Waals surface area (Å²) in [5.41, 5.74) is 6.82. The molecule has 2 rings (SSSR count).